The maximum Gasteiger partial charge on any atom is 0.327 e. The summed E-state index contributed by atoms with van der Waals surface area (Å²) in [6.45, 7) is 2.06. The summed E-state index contributed by atoms with van der Waals surface area (Å²) in [5.41, 5.74) is 2.11. The third-order valence-corrected chi connectivity index (χ3v) is 2.21. The van der Waals surface area contributed by atoms with Crippen LogP contribution in [0, 0.1) is 6.92 Å². The Morgan fingerprint density at radius 1 is 1.15 bits per heavy atom. The van der Waals surface area contributed by atoms with Crippen LogP contribution in [0.15, 0.2) is 36.4 Å². The van der Waals surface area contributed by atoms with Crippen LogP contribution in [-0.4, -0.2) is 12.5 Å². The fraction of sp³-hybridized carbons (Fsp3) is 0.0909. The third kappa shape index (κ3) is 1.45. The van der Waals surface area contributed by atoms with Crippen molar-refractivity contribution in [2.75, 3.05) is 0 Å². The van der Waals surface area contributed by atoms with Gasteiger partial charge < -0.3 is 5.02 Å². The Morgan fingerprint density at radius 2 is 2.00 bits per heavy atom. The smallest absolute Gasteiger partial charge is 0.327 e. The first-order chi connectivity index (χ1) is 6.31. The van der Waals surface area contributed by atoms with E-state index < -0.39 is 0 Å². The lowest BCUT2D eigenvalue weighted by Gasteiger charge is -2.03. The summed E-state index contributed by atoms with van der Waals surface area (Å²) >= 11 is 0. The van der Waals surface area contributed by atoms with Gasteiger partial charge in [0.25, 0.3) is 0 Å². The number of fused-ring (bicyclic) bond motifs is 1. The van der Waals surface area contributed by atoms with Gasteiger partial charge in [-0.2, -0.15) is 0 Å². The highest BCUT2D eigenvalue weighted by Crippen LogP contribution is 2.12. The number of hydrogen-bond acceptors (Lipinski definition) is 1. The second kappa shape index (κ2) is 3.23. The second-order valence-corrected chi connectivity index (χ2v) is 3.20. The van der Waals surface area contributed by atoms with E-state index in [1.807, 2.05) is 18.2 Å². The van der Waals surface area contributed by atoms with Crippen molar-refractivity contribution in [1.82, 2.24) is 0 Å². The van der Waals surface area contributed by atoms with Gasteiger partial charge in [0.1, 0.15) is 0 Å². The van der Waals surface area contributed by atoms with E-state index in [0.717, 1.165) is 18.3 Å². The molecule has 63 valence electrons. The van der Waals surface area contributed by atoms with Crippen molar-refractivity contribution in [2.24, 2.45) is 0 Å². The zero-order valence-corrected chi connectivity index (χ0v) is 7.49. The van der Waals surface area contributed by atoms with Gasteiger partial charge >= 0.3 is 7.48 Å². The summed E-state index contributed by atoms with van der Waals surface area (Å²) in [5.74, 6) is 0. The molecule has 1 N–H and O–H groups in total. The van der Waals surface area contributed by atoms with Gasteiger partial charge in [0.05, 0.1) is 0 Å². The molecule has 2 rings (SSSR count). The Hall–Kier alpha value is -1.28. The van der Waals surface area contributed by atoms with Crippen molar-refractivity contribution in [1.29, 1.82) is 0 Å². The van der Waals surface area contributed by atoms with Crippen molar-refractivity contribution >= 4 is 23.7 Å². The molecule has 1 radical (unpaired) electrons. The van der Waals surface area contributed by atoms with Gasteiger partial charge in [0, 0.05) is 0 Å². The maximum atomic E-state index is 8.98. The lowest BCUT2D eigenvalue weighted by molar-refractivity contribution is 0.616. The first-order valence-corrected chi connectivity index (χ1v) is 4.28. The standard InChI is InChI=1S/C11H10BO/c1-8-5-6-10-9(7-8)3-2-4-11(10)12-13/h2-7,13H,1H3. The summed E-state index contributed by atoms with van der Waals surface area (Å²) in [5, 5.41) is 11.2. The molecule has 0 amide bonds. The van der Waals surface area contributed by atoms with Crippen LogP contribution in [0.1, 0.15) is 5.56 Å². The largest absolute Gasteiger partial charge is 0.450 e. The molecule has 0 unspecified atom stereocenters. The molecule has 0 heterocycles. The molecule has 0 aliphatic carbocycles. The summed E-state index contributed by atoms with van der Waals surface area (Å²) in [4.78, 5) is 0. The van der Waals surface area contributed by atoms with Gasteiger partial charge in [-0.15, -0.1) is 0 Å². The van der Waals surface area contributed by atoms with Gasteiger partial charge in [-0.05, 0) is 23.2 Å². The Morgan fingerprint density at radius 3 is 2.77 bits per heavy atom. The maximum absolute atomic E-state index is 8.98. The molecule has 2 aromatic rings. The minimum atomic E-state index is 0.873. The van der Waals surface area contributed by atoms with Crippen molar-refractivity contribution in [2.45, 2.75) is 6.92 Å². The van der Waals surface area contributed by atoms with Crippen molar-refractivity contribution in [3.63, 3.8) is 0 Å². The predicted molar refractivity (Wildman–Crippen MR) is 56.3 cm³/mol. The molecule has 0 bridgehead atoms. The van der Waals surface area contributed by atoms with E-state index >= 15 is 0 Å². The Labute approximate surface area is 78.3 Å². The van der Waals surface area contributed by atoms with Crippen LogP contribution in [0.3, 0.4) is 0 Å². The van der Waals surface area contributed by atoms with Crippen LogP contribution in [0.4, 0.5) is 0 Å². The summed E-state index contributed by atoms with van der Waals surface area (Å²) in [6.07, 6.45) is 0. The monoisotopic (exact) mass is 169 g/mol. The molecule has 2 heteroatoms. The molecule has 0 atom stereocenters. The van der Waals surface area contributed by atoms with Crippen LogP contribution in [0.2, 0.25) is 0 Å². The molecule has 1 nitrogen and oxygen atoms in total. The quantitative estimate of drug-likeness (QED) is 0.639. The number of aryl methyl sites for hydroxylation is 1. The van der Waals surface area contributed by atoms with E-state index in [1.54, 1.807) is 0 Å². The van der Waals surface area contributed by atoms with Crippen molar-refractivity contribution in [3.8, 4) is 0 Å². The van der Waals surface area contributed by atoms with Crippen LogP contribution in [0.5, 0.6) is 0 Å². The van der Waals surface area contributed by atoms with E-state index in [4.69, 9.17) is 5.02 Å². The van der Waals surface area contributed by atoms with Crippen molar-refractivity contribution < 1.29 is 5.02 Å². The zero-order valence-electron chi connectivity index (χ0n) is 7.49. The highest BCUT2D eigenvalue weighted by Gasteiger charge is 2.00. The van der Waals surface area contributed by atoms with E-state index in [-0.39, 0.29) is 0 Å². The minimum Gasteiger partial charge on any atom is -0.450 e. The summed E-state index contributed by atoms with van der Waals surface area (Å²) in [7, 11) is 1.15. The van der Waals surface area contributed by atoms with Crippen molar-refractivity contribution in [3.05, 3.63) is 42.0 Å². The molecule has 0 saturated heterocycles. The van der Waals surface area contributed by atoms with Gasteiger partial charge in [0.15, 0.2) is 0 Å². The Bertz CT molecular complexity index is 437. The van der Waals surface area contributed by atoms with E-state index in [0.29, 0.717) is 0 Å². The minimum absolute atomic E-state index is 0.873. The van der Waals surface area contributed by atoms with Gasteiger partial charge in [-0.25, -0.2) is 0 Å². The lowest BCUT2D eigenvalue weighted by atomic mass is 9.84. The predicted octanol–water partition coefficient (Wildman–Crippen LogP) is 1.39. The van der Waals surface area contributed by atoms with Gasteiger partial charge in [-0.1, -0.05) is 42.0 Å². The Kier molecular flexibility index (Phi) is 2.07. The Balaban J connectivity index is 2.77. The molecule has 0 aliphatic rings. The van der Waals surface area contributed by atoms with Crippen LogP contribution < -0.4 is 5.46 Å². The molecule has 13 heavy (non-hydrogen) atoms. The van der Waals surface area contributed by atoms with Crippen LogP contribution in [-0.2, 0) is 0 Å². The molecule has 0 saturated carbocycles. The second-order valence-electron chi connectivity index (χ2n) is 3.20. The van der Waals surface area contributed by atoms with Crippen LogP contribution in [0.25, 0.3) is 10.8 Å². The molecule has 0 aromatic heterocycles. The third-order valence-electron chi connectivity index (χ3n) is 2.21. The highest BCUT2D eigenvalue weighted by atomic mass is 16.2. The molecule has 2 aromatic carbocycles. The normalized spacial score (nSPS) is 10.3. The van der Waals surface area contributed by atoms with Gasteiger partial charge in [0.2, 0.25) is 0 Å². The number of hydrogen-bond donors (Lipinski definition) is 1. The molecular weight excluding hydrogens is 159 g/mol. The summed E-state index contributed by atoms with van der Waals surface area (Å²) < 4.78 is 0. The SMILES string of the molecule is Cc1ccc2c([B]O)cccc2c1. The molecule has 0 aliphatic heterocycles. The zero-order chi connectivity index (χ0) is 9.26. The first kappa shape index (κ1) is 8.33. The lowest BCUT2D eigenvalue weighted by Crippen LogP contribution is -2.13. The molecule has 0 fully saturated rings. The average Bonchev–Trinajstić information content (AvgIpc) is 2.16. The van der Waals surface area contributed by atoms with E-state index in [2.05, 4.69) is 25.1 Å². The fourth-order valence-corrected chi connectivity index (χ4v) is 1.54. The molecular formula is C11H10BO. The van der Waals surface area contributed by atoms with Crippen LogP contribution >= 0.6 is 0 Å². The first-order valence-electron chi connectivity index (χ1n) is 4.28. The fourth-order valence-electron chi connectivity index (χ4n) is 1.54. The van der Waals surface area contributed by atoms with E-state index in [9.17, 15) is 0 Å². The topological polar surface area (TPSA) is 20.2 Å². The highest BCUT2D eigenvalue weighted by molar-refractivity contribution is 6.50. The summed E-state index contributed by atoms with van der Waals surface area (Å²) in [6, 6.07) is 12.1. The average molecular weight is 169 g/mol. The number of rotatable bonds is 1. The van der Waals surface area contributed by atoms with Gasteiger partial charge in [-0.3, -0.25) is 0 Å². The molecule has 0 spiro atoms. The number of benzene rings is 2. The van der Waals surface area contributed by atoms with E-state index in [1.165, 1.54) is 10.9 Å².